The van der Waals surface area contributed by atoms with Gasteiger partial charge in [-0.15, -0.1) is 0 Å². The molecule has 0 unspecified atom stereocenters. The van der Waals surface area contributed by atoms with Gasteiger partial charge in [0.2, 0.25) is 0 Å². The minimum absolute atomic E-state index is 0.0592. The molecule has 28 heavy (non-hydrogen) atoms. The van der Waals surface area contributed by atoms with Gasteiger partial charge in [-0.25, -0.2) is 18.7 Å². The van der Waals surface area contributed by atoms with E-state index in [1.54, 1.807) is 11.8 Å². The number of nitrogens with one attached hydrogen (secondary N) is 1. The van der Waals surface area contributed by atoms with Crippen molar-refractivity contribution in [2.45, 2.75) is 20.8 Å². The summed E-state index contributed by atoms with van der Waals surface area (Å²) in [7, 11) is 0. The first-order valence-electron chi connectivity index (χ1n) is 8.83. The first-order valence-corrected chi connectivity index (χ1v) is 8.83. The van der Waals surface area contributed by atoms with Crippen molar-refractivity contribution in [3.63, 3.8) is 0 Å². The van der Waals surface area contributed by atoms with Crippen molar-refractivity contribution >= 4 is 23.1 Å². The fourth-order valence-corrected chi connectivity index (χ4v) is 2.85. The highest BCUT2D eigenvalue weighted by Crippen LogP contribution is 2.22. The van der Waals surface area contributed by atoms with E-state index in [0.717, 1.165) is 23.4 Å². The number of carbonyl (C=O) groups is 1. The Bertz CT molecular complexity index is 1020. The van der Waals surface area contributed by atoms with Crippen LogP contribution >= 0.6 is 0 Å². The molecule has 0 aliphatic rings. The number of benzene rings is 2. The highest BCUT2D eigenvalue weighted by Gasteiger charge is 2.19. The molecule has 0 saturated carbocycles. The van der Waals surface area contributed by atoms with E-state index in [2.05, 4.69) is 15.3 Å². The number of aryl methyl sites for hydroxylation is 2. The normalized spacial score (nSPS) is 10.6. The van der Waals surface area contributed by atoms with Crippen LogP contribution in [0.1, 0.15) is 28.8 Å². The molecule has 0 radical (unpaired) electrons. The van der Waals surface area contributed by atoms with E-state index >= 15 is 0 Å². The molecule has 0 bridgehead atoms. The van der Waals surface area contributed by atoms with Crippen LogP contribution in [0.5, 0.6) is 0 Å². The van der Waals surface area contributed by atoms with Crippen LogP contribution in [0.15, 0.2) is 48.5 Å². The van der Waals surface area contributed by atoms with Gasteiger partial charge in [0.25, 0.3) is 5.91 Å². The molecule has 7 heteroatoms. The molecule has 0 aliphatic heterocycles. The van der Waals surface area contributed by atoms with Crippen LogP contribution in [0.25, 0.3) is 0 Å². The third kappa shape index (κ3) is 4.31. The quantitative estimate of drug-likeness (QED) is 0.690. The minimum Gasteiger partial charge on any atom is -0.338 e. The van der Waals surface area contributed by atoms with Crippen LogP contribution in [0, 0.1) is 25.5 Å². The van der Waals surface area contributed by atoms with Crippen LogP contribution in [0.4, 0.5) is 26.0 Å². The van der Waals surface area contributed by atoms with Crippen molar-refractivity contribution < 1.29 is 13.6 Å². The third-order valence-electron chi connectivity index (χ3n) is 4.13. The molecule has 0 spiro atoms. The second-order valence-corrected chi connectivity index (χ2v) is 6.32. The Balaban J connectivity index is 1.92. The average molecular weight is 382 g/mol. The van der Waals surface area contributed by atoms with Crippen molar-refractivity contribution in [2.75, 3.05) is 16.8 Å². The molecule has 1 heterocycles. The van der Waals surface area contributed by atoms with E-state index in [1.807, 2.05) is 38.1 Å². The van der Waals surface area contributed by atoms with Crippen LogP contribution in [0.2, 0.25) is 0 Å². The zero-order valence-corrected chi connectivity index (χ0v) is 15.8. The Hall–Kier alpha value is -3.35. The Morgan fingerprint density at radius 3 is 2.54 bits per heavy atom. The number of rotatable bonds is 5. The molecular formula is C21H20F2N4O. The predicted molar refractivity (Wildman–Crippen MR) is 105 cm³/mol. The van der Waals surface area contributed by atoms with E-state index < -0.39 is 11.6 Å². The number of aromatic nitrogens is 2. The van der Waals surface area contributed by atoms with Crippen molar-refractivity contribution in [3.8, 4) is 0 Å². The Morgan fingerprint density at radius 2 is 1.86 bits per heavy atom. The molecule has 0 atom stereocenters. The summed E-state index contributed by atoms with van der Waals surface area (Å²) < 4.78 is 27.0. The van der Waals surface area contributed by atoms with Crippen LogP contribution < -0.4 is 10.2 Å². The number of halogens is 2. The number of nitrogens with zero attached hydrogens (tertiary/aromatic N) is 3. The van der Waals surface area contributed by atoms with Gasteiger partial charge in [-0.1, -0.05) is 12.1 Å². The molecule has 1 amide bonds. The van der Waals surface area contributed by atoms with Gasteiger partial charge in [0, 0.05) is 24.4 Å². The lowest BCUT2D eigenvalue weighted by Gasteiger charge is -2.21. The Labute approximate surface area is 162 Å². The fraction of sp³-hybridized carbons (Fsp3) is 0.190. The molecule has 0 fully saturated rings. The first kappa shape index (κ1) is 19.4. The first-order chi connectivity index (χ1) is 13.4. The van der Waals surface area contributed by atoms with Crippen molar-refractivity contribution in [3.05, 3.63) is 77.2 Å². The van der Waals surface area contributed by atoms with Crippen LogP contribution in [0.3, 0.4) is 0 Å². The topological polar surface area (TPSA) is 58.1 Å². The second-order valence-electron chi connectivity index (χ2n) is 6.32. The zero-order chi connectivity index (χ0) is 20.3. The summed E-state index contributed by atoms with van der Waals surface area (Å²) >= 11 is 0. The van der Waals surface area contributed by atoms with E-state index in [4.69, 9.17) is 0 Å². The summed E-state index contributed by atoms with van der Waals surface area (Å²) in [5.74, 6) is -1.10. The largest absolute Gasteiger partial charge is 0.338 e. The van der Waals surface area contributed by atoms with Crippen molar-refractivity contribution in [1.82, 2.24) is 9.97 Å². The summed E-state index contributed by atoms with van der Waals surface area (Å²) in [4.78, 5) is 23.1. The van der Waals surface area contributed by atoms with Crippen molar-refractivity contribution in [1.29, 1.82) is 0 Å². The van der Waals surface area contributed by atoms with Crippen LogP contribution in [-0.4, -0.2) is 22.4 Å². The number of hydrogen-bond donors (Lipinski definition) is 1. The average Bonchev–Trinajstić information content (AvgIpc) is 2.64. The Kier molecular flexibility index (Phi) is 5.63. The van der Waals surface area contributed by atoms with E-state index in [9.17, 15) is 13.6 Å². The molecule has 0 saturated heterocycles. The van der Waals surface area contributed by atoms with Gasteiger partial charge in [0.15, 0.2) is 0 Å². The Morgan fingerprint density at radius 1 is 1.07 bits per heavy atom. The van der Waals surface area contributed by atoms with Gasteiger partial charge >= 0.3 is 0 Å². The molecule has 0 aliphatic carbocycles. The molecule has 3 rings (SSSR count). The molecule has 2 aromatic carbocycles. The molecule has 5 nitrogen and oxygen atoms in total. The summed E-state index contributed by atoms with van der Waals surface area (Å²) in [5.41, 5.74) is 2.05. The zero-order valence-electron chi connectivity index (χ0n) is 15.8. The smallest absolute Gasteiger partial charge is 0.277 e. The van der Waals surface area contributed by atoms with Gasteiger partial charge in [-0.3, -0.25) is 4.79 Å². The lowest BCUT2D eigenvalue weighted by atomic mass is 10.2. The lowest BCUT2D eigenvalue weighted by molar-refractivity contribution is 0.0983. The molecular weight excluding hydrogens is 362 g/mol. The molecule has 3 aromatic rings. The number of hydrogen-bond acceptors (Lipinski definition) is 4. The van der Waals surface area contributed by atoms with Gasteiger partial charge in [0.05, 0.1) is 5.69 Å². The molecule has 1 N–H and O–H groups in total. The maximum Gasteiger partial charge on any atom is 0.277 e. The van der Waals surface area contributed by atoms with Gasteiger partial charge in [-0.2, -0.15) is 0 Å². The number of anilines is 3. The summed E-state index contributed by atoms with van der Waals surface area (Å²) in [6, 6.07) is 12.3. The maximum atomic E-state index is 13.9. The highest BCUT2D eigenvalue weighted by molar-refractivity contribution is 6.05. The monoisotopic (exact) mass is 382 g/mol. The minimum atomic E-state index is -0.751. The van der Waals surface area contributed by atoms with Gasteiger partial charge < -0.3 is 10.2 Å². The van der Waals surface area contributed by atoms with Crippen LogP contribution in [-0.2, 0) is 0 Å². The van der Waals surface area contributed by atoms with Crippen molar-refractivity contribution in [2.24, 2.45) is 0 Å². The standard InChI is InChI=1S/C21H20F2N4O/c1-4-27(16-7-5-6-13(2)10-16)21(28)19-12-20(25-14(3)24-19)26-18-9-8-15(22)11-17(18)23/h5-12H,4H2,1-3H3,(H,24,25,26). The summed E-state index contributed by atoms with van der Waals surface area (Å²) in [5, 5.41) is 2.78. The third-order valence-corrected chi connectivity index (χ3v) is 4.13. The summed E-state index contributed by atoms with van der Waals surface area (Å²) in [6.45, 7) is 5.93. The second kappa shape index (κ2) is 8.12. The number of amides is 1. The van der Waals surface area contributed by atoms with Gasteiger partial charge in [0.1, 0.15) is 29.0 Å². The maximum absolute atomic E-state index is 13.9. The highest BCUT2D eigenvalue weighted by atomic mass is 19.1. The molecule has 1 aromatic heterocycles. The van der Waals surface area contributed by atoms with E-state index in [-0.39, 0.29) is 23.1 Å². The lowest BCUT2D eigenvalue weighted by Crippen LogP contribution is -2.31. The SMILES string of the molecule is CCN(C(=O)c1cc(Nc2ccc(F)cc2F)nc(C)n1)c1cccc(C)c1. The fourth-order valence-electron chi connectivity index (χ4n) is 2.85. The predicted octanol–water partition coefficient (Wildman–Crippen LogP) is 4.78. The molecule has 144 valence electrons. The van der Waals surface area contributed by atoms with E-state index in [0.29, 0.717) is 12.4 Å². The van der Waals surface area contributed by atoms with Gasteiger partial charge in [-0.05, 0) is 50.6 Å². The summed E-state index contributed by atoms with van der Waals surface area (Å²) in [6.07, 6.45) is 0. The number of carbonyl (C=O) groups excluding carboxylic acids is 1. The van der Waals surface area contributed by atoms with E-state index in [1.165, 1.54) is 12.1 Å².